The molecule has 8 nitrogen and oxygen atoms in total. The fourth-order valence-electron chi connectivity index (χ4n) is 3.39. The molecule has 2 aliphatic rings. The Morgan fingerprint density at radius 1 is 1.26 bits per heavy atom. The predicted octanol–water partition coefficient (Wildman–Crippen LogP) is 2.06. The van der Waals surface area contributed by atoms with E-state index >= 15 is 0 Å². The first-order chi connectivity index (χ1) is 13.0. The van der Waals surface area contributed by atoms with E-state index in [0.717, 1.165) is 12.8 Å². The second-order valence-electron chi connectivity index (χ2n) is 6.82. The first kappa shape index (κ1) is 17.3. The Kier molecular flexibility index (Phi) is 4.21. The van der Waals surface area contributed by atoms with Crippen LogP contribution in [-0.4, -0.2) is 56.7 Å². The number of rotatable bonds is 3. The van der Waals surface area contributed by atoms with Gasteiger partial charge in [0, 0.05) is 18.7 Å². The standard InChI is InChI=1S/C18H19FN6O2/c1-10-22-17(27-23-10)16(21)25-9-8-24(14(15(25)20)11-2-3-11)18(26)12-4-6-13(19)7-5-12/h4-7,11,14,20-21H,2-3,8-9H2,1H3. The molecule has 4 rings (SSSR count). The van der Waals surface area contributed by atoms with Crippen LogP contribution in [0.4, 0.5) is 4.39 Å². The number of hydrogen-bond donors (Lipinski definition) is 2. The maximum Gasteiger partial charge on any atom is 0.293 e. The minimum absolute atomic E-state index is 0.0277. The summed E-state index contributed by atoms with van der Waals surface area (Å²) in [6.45, 7) is 2.31. The first-order valence-electron chi connectivity index (χ1n) is 8.77. The quantitative estimate of drug-likeness (QED) is 0.635. The number of amides is 1. The van der Waals surface area contributed by atoms with Crippen LogP contribution in [0, 0.1) is 29.5 Å². The molecule has 1 saturated heterocycles. The SMILES string of the molecule is Cc1noc(C(=N)N2CCN(C(=O)c3ccc(F)cc3)C(C3CC3)C2=N)n1. The molecule has 0 spiro atoms. The van der Waals surface area contributed by atoms with Crippen LogP contribution in [0.15, 0.2) is 28.8 Å². The fourth-order valence-corrected chi connectivity index (χ4v) is 3.39. The van der Waals surface area contributed by atoms with Crippen molar-refractivity contribution in [3.63, 3.8) is 0 Å². The van der Waals surface area contributed by atoms with Gasteiger partial charge in [-0.2, -0.15) is 4.98 Å². The summed E-state index contributed by atoms with van der Waals surface area (Å²) < 4.78 is 18.2. The largest absolute Gasteiger partial charge is 0.331 e. The molecule has 1 unspecified atom stereocenters. The molecule has 1 aromatic heterocycles. The van der Waals surface area contributed by atoms with Crippen LogP contribution in [0.3, 0.4) is 0 Å². The highest BCUT2D eigenvalue weighted by molar-refractivity contribution is 6.08. The molecule has 1 saturated carbocycles. The number of nitrogens with zero attached hydrogens (tertiary/aromatic N) is 4. The predicted molar refractivity (Wildman–Crippen MR) is 94.2 cm³/mol. The third-order valence-corrected chi connectivity index (χ3v) is 4.89. The van der Waals surface area contributed by atoms with Crippen LogP contribution < -0.4 is 0 Å². The van der Waals surface area contributed by atoms with Gasteiger partial charge >= 0.3 is 0 Å². The normalized spacial score (nSPS) is 20.1. The Balaban J connectivity index is 1.58. The molecular formula is C18H19FN6O2. The second kappa shape index (κ2) is 6.57. The molecule has 0 radical (unpaired) electrons. The van der Waals surface area contributed by atoms with Gasteiger partial charge in [-0.05, 0) is 49.9 Å². The van der Waals surface area contributed by atoms with Crippen LogP contribution in [0.5, 0.6) is 0 Å². The summed E-state index contributed by atoms with van der Waals surface area (Å²) in [6.07, 6.45) is 1.86. The Labute approximate surface area is 155 Å². The zero-order valence-corrected chi connectivity index (χ0v) is 14.8. The van der Waals surface area contributed by atoms with E-state index in [1.54, 1.807) is 11.8 Å². The monoisotopic (exact) mass is 370 g/mol. The van der Waals surface area contributed by atoms with Crippen LogP contribution in [0.1, 0.15) is 34.9 Å². The Bertz CT molecular complexity index is 905. The van der Waals surface area contributed by atoms with Gasteiger partial charge in [0.25, 0.3) is 11.8 Å². The Morgan fingerprint density at radius 2 is 1.96 bits per heavy atom. The molecule has 140 valence electrons. The molecule has 2 aromatic rings. The Hall–Kier alpha value is -3.10. The van der Waals surface area contributed by atoms with Gasteiger partial charge in [-0.15, -0.1) is 0 Å². The van der Waals surface area contributed by atoms with E-state index in [1.807, 2.05) is 0 Å². The minimum Gasteiger partial charge on any atom is -0.331 e. The molecule has 0 bridgehead atoms. The number of piperazine rings is 1. The lowest BCUT2D eigenvalue weighted by Crippen LogP contribution is -2.60. The molecular weight excluding hydrogens is 351 g/mol. The summed E-state index contributed by atoms with van der Waals surface area (Å²) in [5.41, 5.74) is 0.394. The molecule has 2 fully saturated rings. The molecule has 2 heterocycles. The van der Waals surface area contributed by atoms with E-state index in [0.29, 0.717) is 17.9 Å². The van der Waals surface area contributed by atoms with Gasteiger partial charge in [0.05, 0.1) is 6.04 Å². The number of aromatic nitrogens is 2. The second-order valence-corrected chi connectivity index (χ2v) is 6.82. The summed E-state index contributed by atoms with van der Waals surface area (Å²) in [5.74, 6) is 0.208. The smallest absolute Gasteiger partial charge is 0.293 e. The molecule has 2 N–H and O–H groups in total. The van der Waals surface area contributed by atoms with Crippen molar-refractivity contribution >= 4 is 17.6 Å². The number of nitrogens with one attached hydrogen (secondary N) is 2. The van der Waals surface area contributed by atoms with E-state index in [-0.39, 0.29) is 35.9 Å². The van der Waals surface area contributed by atoms with Gasteiger partial charge in [-0.25, -0.2) is 4.39 Å². The van der Waals surface area contributed by atoms with E-state index in [9.17, 15) is 9.18 Å². The maximum atomic E-state index is 13.2. The minimum atomic E-state index is -0.416. The van der Waals surface area contributed by atoms with E-state index in [4.69, 9.17) is 15.3 Å². The molecule has 1 amide bonds. The van der Waals surface area contributed by atoms with Gasteiger partial charge in [0.15, 0.2) is 11.7 Å². The summed E-state index contributed by atoms with van der Waals surface area (Å²) >= 11 is 0. The molecule has 27 heavy (non-hydrogen) atoms. The number of benzene rings is 1. The molecule has 9 heteroatoms. The number of carbonyl (C=O) groups excluding carboxylic acids is 1. The Morgan fingerprint density at radius 3 is 2.56 bits per heavy atom. The van der Waals surface area contributed by atoms with Crippen molar-refractivity contribution in [2.75, 3.05) is 13.1 Å². The van der Waals surface area contributed by atoms with Crippen molar-refractivity contribution in [2.45, 2.75) is 25.8 Å². The topological polar surface area (TPSA) is 110 Å². The summed E-state index contributed by atoms with van der Waals surface area (Å²) in [7, 11) is 0. The van der Waals surface area contributed by atoms with Crippen LogP contribution in [0.25, 0.3) is 0 Å². The highest BCUT2D eigenvalue weighted by Crippen LogP contribution is 2.38. The van der Waals surface area contributed by atoms with Crippen LogP contribution >= 0.6 is 0 Å². The number of aryl methyl sites for hydroxylation is 1. The zero-order chi connectivity index (χ0) is 19.1. The lowest BCUT2D eigenvalue weighted by Gasteiger charge is -2.42. The van der Waals surface area contributed by atoms with Crippen molar-refractivity contribution in [2.24, 2.45) is 5.92 Å². The lowest BCUT2D eigenvalue weighted by molar-refractivity contribution is 0.0669. The zero-order valence-electron chi connectivity index (χ0n) is 14.8. The highest BCUT2D eigenvalue weighted by atomic mass is 19.1. The average molecular weight is 370 g/mol. The van der Waals surface area contributed by atoms with E-state index < -0.39 is 11.9 Å². The third kappa shape index (κ3) is 3.20. The summed E-state index contributed by atoms with van der Waals surface area (Å²) in [4.78, 5) is 20.2. The molecule has 1 aromatic carbocycles. The van der Waals surface area contributed by atoms with Gasteiger partial charge in [-0.1, -0.05) is 5.16 Å². The highest BCUT2D eigenvalue weighted by Gasteiger charge is 2.45. The van der Waals surface area contributed by atoms with Crippen molar-refractivity contribution in [3.8, 4) is 0 Å². The average Bonchev–Trinajstić information content (AvgIpc) is 3.40. The first-order valence-corrected chi connectivity index (χ1v) is 8.77. The summed E-state index contributed by atoms with van der Waals surface area (Å²) in [6, 6.07) is 5.02. The number of carbonyl (C=O) groups is 1. The van der Waals surface area contributed by atoms with Gasteiger partial charge in [0.2, 0.25) is 0 Å². The number of halogens is 1. The third-order valence-electron chi connectivity index (χ3n) is 4.89. The van der Waals surface area contributed by atoms with Gasteiger partial charge in [0.1, 0.15) is 11.7 Å². The maximum absolute atomic E-state index is 13.2. The van der Waals surface area contributed by atoms with Crippen LogP contribution in [-0.2, 0) is 0 Å². The molecule has 1 atom stereocenters. The van der Waals surface area contributed by atoms with Crippen molar-refractivity contribution in [1.82, 2.24) is 19.9 Å². The van der Waals surface area contributed by atoms with Gasteiger partial charge < -0.3 is 14.3 Å². The molecule has 1 aliphatic carbocycles. The lowest BCUT2D eigenvalue weighted by atomic mass is 10.0. The van der Waals surface area contributed by atoms with Crippen molar-refractivity contribution in [1.29, 1.82) is 10.8 Å². The van der Waals surface area contributed by atoms with Crippen molar-refractivity contribution in [3.05, 3.63) is 47.4 Å². The van der Waals surface area contributed by atoms with Crippen LogP contribution in [0.2, 0.25) is 0 Å². The number of hydrogen-bond acceptors (Lipinski definition) is 6. The number of amidine groups is 2. The van der Waals surface area contributed by atoms with E-state index in [1.165, 1.54) is 29.2 Å². The summed E-state index contributed by atoms with van der Waals surface area (Å²) in [5, 5.41) is 20.6. The fraction of sp³-hybridized carbons (Fsp3) is 0.389. The van der Waals surface area contributed by atoms with E-state index in [2.05, 4.69) is 10.1 Å². The van der Waals surface area contributed by atoms with Crippen molar-refractivity contribution < 1.29 is 13.7 Å². The van der Waals surface area contributed by atoms with Gasteiger partial charge in [-0.3, -0.25) is 15.6 Å². The molecule has 1 aliphatic heterocycles.